The van der Waals surface area contributed by atoms with Crippen LogP contribution in [0.1, 0.15) is 0 Å². The second kappa shape index (κ2) is 5.10. The van der Waals surface area contributed by atoms with Gasteiger partial charge in [-0.05, 0) is 23.6 Å². The average Bonchev–Trinajstić information content (AvgIpc) is 2.47. The lowest BCUT2D eigenvalue weighted by Crippen LogP contribution is -2.13. The molecule has 0 aliphatic heterocycles. The van der Waals surface area contributed by atoms with Crippen LogP contribution in [0, 0.1) is 0 Å². The third-order valence-corrected chi connectivity index (χ3v) is 4.53. The van der Waals surface area contributed by atoms with E-state index in [0.29, 0.717) is 5.69 Å². The molecule has 0 aliphatic rings. The molecule has 3 aromatic carbocycles. The van der Waals surface area contributed by atoms with Gasteiger partial charge in [0.2, 0.25) is 0 Å². The molecule has 0 aliphatic carbocycles. The molecule has 3 aromatic rings. The van der Waals surface area contributed by atoms with Crippen LogP contribution < -0.4 is 4.72 Å². The number of sulfonamides is 1. The van der Waals surface area contributed by atoms with Gasteiger partial charge in [-0.25, -0.2) is 8.42 Å². The number of aromatic hydroxyl groups is 1. The first-order valence-corrected chi connectivity index (χ1v) is 7.84. The van der Waals surface area contributed by atoms with Gasteiger partial charge in [-0.1, -0.05) is 42.5 Å². The number of nitrogens with one attached hydrogen (secondary N) is 1. The minimum Gasteiger partial charge on any atom is -0.508 e. The molecule has 21 heavy (non-hydrogen) atoms. The van der Waals surface area contributed by atoms with E-state index in [1.165, 1.54) is 24.3 Å². The molecular weight excluding hydrogens is 286 g/mol. The maximum absolute atomic E-state index is 12.4. The van der Waals surface area contributed by atoms with Crippen LogP contribution in [-0.4, -0.2) is 13.5 Å². The molecule has 0 saturated carbocycles. The van der Waals surface area contributed by atoms with Crippen molar-refractivity contribution in [2.75, 3.05) is 4.72 Å². The zero-order valence-electron chi connectivity index (χ0n) is 11.0. The number of anilines is 1. The minimum atomic E-state index is -3.74. The Labute approximate surface area is 122 Å². The Bertz CT molecular complexity index is 899. The zero-order chi connectivity index (χ0) is 14.9. The van der Waals surface area contributed by atoms with E-state index < -0.39 is 10.0 Å². The van der Waals surface area contributed by atoms with Crippen molar-refractivity contribution >= 4 is 26.5 Å². The van der Waals surface area contributed by atoms with Crippen LogP contribution in [0.15, 0.2) is 71.6 Å². The van der Waals surface area contributed by atoms with Crippen molar-refractivity contribution in [2.45, 2.75) is 4.90 Å². The molecule has 5 heteroatoms. The van der Waals surface area contributed by atoms with E-state index in [1.54, 1.807) is 12.1 Å². The topological polar surface area (TPSA) is 66.4 Å². The van der Waals surface area contributed by atoms with Crippen molar-refractivity contribution in [1.29, 1.82) is 0 Å². The molecule has 0 fully saturated rings. The molecule has 0 aromatic heterocycles. The van der Waals surface area contributed by atoms with Gasteiger partial charge in [-0.15, -0.1) is 0 Å². The van der Waals surface area contributed by atoms with Crippen LogP contribution in [0.5, 0.6) is 5.75 Å². The highest BCUT2D eigenvalue weighted by Crippen LogP contribution is 2.26. The summed E-state index contributed by atoms with van der Waals surface area (Å²) in [6.45, 7) is 0. The van der Waals surface area contributed by atoms with E-state index in [-0.39, 0.29) is 10.6 Å². The summed E-state index contributed by atoms with van der Waals surface area (Å²) >= 11 is 0. The highest BCUT2D eigenvalue weighted by atomic mass is 32.2. The summed E-state index contributed by atoms with van der Waals surface area (Å²) in [6.07, 6.45) is 0. The van der Waals surface area contributed by atoms with Gasteiger partial charge < -0.3 is 5.11 Å². The third kappa shape index (κ3) is 2.68. The molecule has 3 rings (SSSR count). The standard InChI is InChI=1S/C16H13NO3S/c18-13-7-4-8-14(11-13)21(19,20)17-16-10-3-6-12-5-1-2-9-15(12)16/h1-11,17-18H. The van der Waals surface area contributed by atoms with Gasteiger partial charge in [0.25, 0.3) is 10.0 Å². The molecule has 0 saturated heterocycles. The van der Waals surface area contributed by atoms with Gasteiger partial charge in [0.15, 0.2) is 0 Å². The van der Waals surface area contributed by atoms with E-state index in [1.807, 2.05) is 30.3 Å². The van der Waals surface area contributed by atoms with E-state index in [4.69, 9.17) is 0 Å². The molecule has 0 amide bonds. The Morgan fingerprint density at radius 3 is 2.38 bits per heavy atom. The molecule has 0 spiro atoms. The molecule has 0 unspecified atom stereocenters. The Morgan fingerprint density at radius 1 is 0.857 bits per heavy atom. The molecule has 0 bridgehead atoms. The number of benzene rings is 3. The SMILES string of the molecule is O=S(=O)(Nc1cccc2ccccc12)c1cccc(O)c1. The van der Waals surface area contributed by atoms with E-state index in [2.05, 4.69) is 4.72 Å². The number of phenolic OH excluding ortho intramolecular Hbond substituents is 1. The minimum absolute atomic E-state index is 0.0236. The zero-order valence-corrected chi connectivity index (χ0v) is 11.8. The maximum atomic E-state index is 12.4. The van der Waals surface area contributed by atoms with Gasteiger partial charge in [0, 0.05) is 11.5 Å². The molecule has 4 nitrogen and oxygen atoms in total. The van der Waals surface area contributed by atoms with Gasteiger partial charge in [0.05, 0.1) is 10.6 Å². The lowest BCUT2D eigenvalue weighted by atomic mass is 10.1. The molecule has 0 atom stereocenters. The van der Waals surface area contributed by atoms with Gasteiger partial charge >= 0.3 is 0 Å². The quantitative estimate of drug-likeness (QED) is 0.779. The summed E-state index contributed by atoms with van der Waals surface area (Å²) < 4.78 is 27.3. The summed E-state index contributed by atoms with van der Waals surface area (Å²) in [5.74, 6) is -0.0872. The first-order chi connectivity index (χ1) is 10.1. The highest BCUT2D eigenvalue weighted by molar-refractivity contribution is 7.92. The summed E-state index contributed by atoms with van der Waals surface area (Å²) in [5, 5.41) is 11.2. The Morgan fingerprint density at radius 2 is 1.57 bits per heavy atom. The summed E-state index contributed by atoms with van der Waals surface area (Å²) in [5.41, 5.74) is 0.511. The smallest absolute Gasteiger partial charge is 0.262 e. The number of phenols is 1. The lowest BCUT2D eigenvalue weighted by Gasteiger charge is -2.11. The van der Waals surface area contributed by atoms with Crippen LogP contribution in [0.4, 0.5) is 5.69 Å². The fourth-order valence-electron chi connectivity index (χ4n) is 2.17. The molecule has 106 valence electrons. The van der Waals surface area contributed by atoms with Crippen molar-refractivity contribution in [2.24, 2.45) is 0 Å². The van der Waals surface area contributed by atoms with Gasteiger partial charge in [0.1, 0.15) is 5.75 Å². The maximum Gasteiger partial charge on any atom is 0.262 e. The van der Waals surface area contributed by atoms with Crippen molar-refractivity contribution in [3.05, 3.63) is 66.7 Å². The number of fused-ring (bicyclic) bond motifs is 1. The summed E-state index contributed by atoms with van der Waals surface area (Å²) in [6, 6.07) is 18.5. The first-order valence-electron chi connectivity index (χ1n) is 6.36. The van der Waals surface area contributed by atoms with Crippen molar-refractivity contribution in [3.8, 4) is 5.75 Å². The summed E-state index contributed by atoms with van der Waals surface area (Å²) in [4.78, 5) is 0.0236. The Kier molecular flexibility index (Phi) is 3.27. The number of hydrogen-bond donors (Lipinski definition) is 2. The van der Waals surface area contributed by atoms with E-state index >= 15 is 0 Å². The predicted octanol–water partition coefficient (Wildman–Crippen LogP) is 3.35. The lowest BCUT2D eigenvalue weighted by molar-refractivity contribution is 0.473. The van der Waals surface area contributed by atoms with Crippen LogP contribution >= 0.6 is 0 Å². The second-order valence-corrected chi connectivity index (χ2v) is 6.31. The van der Waals surface area contributed by atoms with Crippen LogP contribution in [0.2, 0.25) is 0 Å². The van der Waals surface area contributed by atoms with Crippen molar-refractivity contribution < 1.29 is 13.5 Å². The first kappa shape index (κ1) is 13.5. The van der Waals surface area contributed by atoms with Gasteiger partial charge in [-0.2, -0.15) is 0 Å². The van der Waals surface area contributed by atoms with Crippen molar-refractivity contribution in [3.63, 3.8) is 0 Å². The summed E-state index contributed by atoms with van der Waals surface area (Å²) in [7, 11) is -3.74. The number of hydrogen-bond acceptors (Lipinski definition) is 3. The fraction of sp³-hybridized carbons (Fsp3) is 0. The molecular formula is C16H13NO3S. The van der Waals surface area contributed by atoms with Gasteiger partial charge in [-0.3, -0.25) is 4.72 Å². The predicted molar refractivity (Wildman–Crippen MR) is 82.9 cm³/mol. The molecule has 0 radical (unpaired) electrons. The van der Waals surface area contributed by atoms with E-state index in [0.717, 1.165) is 10.8 Å². The van der Waals surface area contributed by atoms with Crippen molar-refractivity contribution in [1.82, 2.24) is 0 Å². The molecule has 2 N–H and O–H groups in total. The second-order valence-electron chi connectivity index (χ2n) is 4.63. The van der Waals surface area contributed by atoms with Crippen LogP contribution in [0.25, 0.3) is 10.8 Å². The highest BCUT2D eigenvalue weighted by Gasteiger charge is 2.15. The fourth-order valence-corrected chi connectivity index (χ4v) is 3.29. The normalized spacial score (nSPS) is 11.4. The Balaban J connectivity index is 2.06. The largest absolute Gasteiger partial charge is 0.508 e. The van der Waals surface area contributed by atoms with Crippen LogP contribution in [-0.2, 0) is 10.0 Å². The Hall–Kier alpha value is -2.53. The third-order valence-electron chi connectivity index (χ3n) is 3.16. The van der Waals surface area contributed by atoms with Crippen LogP contribution in [0.3, 0.4) is 0 Å². The average molecular weight is 299 g/mol. The van der Waals surface area contributed by atoms with E-state index in [9.17, 15) is 13.5 Å². The monoisotopic (exact) mass is 299 g/mol. The number of rotatable bonds is 3. The molecule has 0 heterocycles.